The van der Waals surface area contributed by atoms with Crippen LogP contribution in [0.2, 0.25) is 0 Å². The van der Waals surface area contributed by atoms with Gasteiger partial charge in [-0.3, -0.25) is 4.79 Å². The molecule has 0 bridgehead atoms. The van der Waals surface area contributed by atoms with Gasteiger partial charge in [-0.2, -0.15) is 0 Å². The average Bonchev–Trinajstić information content (AvgIpc) is 2.76. The second-order valence-corrected chi connectivity index (χ2v) is 6.01. The van der Waals surface area contributed by atoms with Gasteiger partial charge in [0, 0.05) is 16.5 Å². The number of hydrogen-bond donors (Lipinski definition) is 1. The van der Waals surface area contributed by atoms with Gasteiger partial charge in [-0.15, -0.1) is 23.1 Å². The van der Waals surface area contributed by atoms with Crippen LogP contribution in [0, 0.1) is 0 Å². The number of hydrogen-bond acceptors (Lipinski definition) is 4. The number of thiophene rings is 1. The molecule has 1 saturated heterocycles. The van der Waals surface area contributed by atoms with Crippen molar-refractivity contribution < 1.29 is 9.90 Å². The van der Waals surface area contributed by atoms with Crippen molar-refractivity contribution in [3.8, 4) is 0 Å². The van der Waals surface area contributed by atoms with E-state index in [0.717, 1.165) is 4.88 Å². The summed E-state index contributed by atoms with van der Waals surface area (Å²) in [6.45, 7) is 1.91. The largest absolute Gasteiger partial charge is 0.386 e. The first kappa shape index (κ1) is 10.2. The summed E-state index contributed by atoms with van der Waals surface area (Å²) >= 11 is 3.13. The van der Waals surface area contributed by atoms with Crippen LogP contribution >= 0.6 is 23.1 Å². The van der Waals surface area contributed by atoms with Crippen LogP contribution in [0.25, 0.3) is 0 Å². The van der Waals surface area contributed by atoms with E-state index >= 15 is 0 Å². The Hall–Kier alpha value is -0.320. The molecule has 0 radical (unpaired) electrons. The minimum Gasteiger partial charge on any atom is -0.386 e. The molecule has 0 aromatic carbocycles. The van der Waals surface area contributed by atoms with E-state index in [4.69, 9.17) is 0 Å². The van der Waals surface area contributed by atoms with Gasteiger partial charge in [0.25, 0.3) is 0 Å². The summed E-state index contributed by atoms with van der Waals surface area (Å²) in [5, 5.41) is 12.0. The Labute approximate surface area is 91.3 Å². The molecule has 1 fully saturated rings. The van der Waals surface area contributed by atoms with Crippen molar-refractivity contribution in [2.24, 2.45) is 0 Å². The number of aliphatic hydroxyl groups is 1. The Morgan fingerprint density at radius 1 is 1.64 bits per heavy atom. The summed E-state index contributed by atoms with van der Waals surface area (Å²) in [5.74, 6) is 0.260. The second kappa shape index (κ2) is 4.04. The van der Waals surface area contributed by atoms with Gasteiger partial charge in [-0.05, 0) is 18.4 Å². The lowest BCUT2D eigenvalue weighted by Gasteiger charge is -2.14. The third kappa shape index (κ3) is 1.87. The van der Waals surface area contributed by atoms with Crippen LogP contribution in [0.15, 0.2) is 17.5 Å². The SMILES string of the molecule is CC1SC(C(O)c2cccs2)CC1=O. The zero-order valence-electron chi connectivity index (χ0n) is 7.84. The molecule has 1 aliphatic heterocycles. The van der Waals surface area contributed by atoms with Gasteiger partial charge in [0.2, 0.25) is 0 Å². The number of thioether (sulfide) groups is 1. The molecule has 2 rings (SSSR count). The highest BCUT2D eigenvalue weighted by Crippen LogP contribution is 2.39. The maximum atomic E-state index is 11.3. The van der Waals surface area contributed by atoms with E-state index < -0.39 is 6.10 Å². The quantitative estimate of drug-likeness (QED) is 0.843. The molecule has 4 heteroatoms. The van der Waals surface area contributed by atoms with Gasteiger partial charge in [0.15, 0.2) is 0 Å². The Morgan fingerprint density at radius 3 is 2.93 bits per heavy atom. The molecule has 3 unspecified atom stereocenters. The zero-order chi connectivity index (χ0) is 10.1. The van der Waals surface area contributed by atoms with Crippen LogP contribution in [0.5, 0.6) is 0 Å². The summed E-state index contributed by atoms with van der Waals surface area (Å²) < 4.78 is 0. The first-order valence-corrected chi connectivity index (χ1v) is 6.40. The summed E-state index contributed by atoms with van der Waals surface area (Å²) in [6, 6.07) is 3.84. The monoisotopic (exact) mass is 228 g/mol. The van der Waals surface area contributed by atoms with Gasteiger partial charge >= 0.3 is 0 Å². The topological polar surface area (TPSA) is 37.3 Å². The predicted molar refractivity (Wildman–Crippen MR) is 59.7 cm³/mol. The predicted octanol–water partition coefficient (Wildman–Crippen LogP) is 2.24. The third-order valence-corrected chi connectivity index (χ3v) is 4.81. The van der Waals surface area contributed by atoms with Crippen molar-refractivity contribution in [2.45, 2.75) is 29.9 Å². The maximum absolute atomic E-state index is 11.3. The fourth-order valence-electron chi connectivity index (χ4n) is 1.58. The van der Waals surface area contributed by atoms with Crippen molar-refractivity contribution in [1.82, 2.24) is 0 Å². The van der Waals surface area contributed by atoms with E-state index in [1.54, 1.807) is 23.1 Å². The van der Waals surface area contributed by atoms with E-state index in [9.17, 15) is 9.90 Å². The van der Waals surface area contributed by atoms with E-state index in [1.807, 2.05) is 24.4 Å². The van der Waals surface area contributed by atoms with Crippen LogP contribution < -0.4 is 0 Å². The summed E-state index contributed by atoms with van der Waals surface area (Å²) in [4.78, 5) is 12.3. The first-order valence-electron chi connectivity index (χ1n) is 4.58. The molecule has 0 aliphatic carbocycles. The highest BCUT2D eigenvalue weighted by Gasteiger charge is 2.35. The molecule has 2 heterocycles. The molecule has 76 valence electrons. The number of carbonyl (C=O) groups excluding carboxylic acids is 1. The summed E-state index contributed by atoms with van der Waals surface area (Å²) in [5.41, 5.74) is 0. The Kier molecular flexibility index (Phi) is 2.95. The number of ketones is 1. The van der Waals surface area contributed by atoms with Crippen molar-refractivity contribution in [2.75, 3.05) is 0 Å². The molecule has 1 N–H and O–H groups in total. The highest BCUT2D eigenvalue weighted by atomic mass is 32.2. The van der Waals surface area contributed by atoms with E-state index in [1.165, 1.54) is 0 Å². The third-order valence-electron chi connectivity index (χ3n) is 2.42. The van der Waals surface area contributed by atoms with Crippen molar-refractivity contribution >= 4 is 28.9 Å². The van der Waals surface area contributed by atoms with E-state index in [2.05, 4.69) is 0 Å². The molecule has 0 saturated carbocycles. The summed E-state index contributed by atoms with van der Waals surface area (Å²) in [6.07, 6.45) is 0.0270. The van der Waals surface area contributed by atoms with Gasteiger partial charge in [-0.25, -0.2) is 0 Å². The minimum atomic E-state index is -0.478. The highest BCUT2D eigenvalue weighted by molar-refractivity contribution is 8.01. The van der Waals surface area contributed by atoms with Gasteiger partial charge < -0.3 is 5.11 Å². The van der Waals surface area contributed by atoms with E-state index in [-0.39, 0.29) is 16.3 Å². The molecule has 1 aliphatic rings. The lowest BCUT2D eigenvalue weighted by molar-refractivity contribution is -0.118. The average molecular weight is 228 g/mol. The molecule has 3 atom stereocenters. The lowest BCUT2D eigenvalue weighted by Crippen LogP contribution is -2.11. The molecule has 1 aromatic rings. The normalized spacial score (nSPS) is 29.4. The molecule has 1 aromatic heterocycles. The smallest absolute Gasteiger partial charge is 0.146 e. The number of aliphatic hydroxyl groups excluding tert-OH is 1. The molecule has 0 amide bonds. The van der Waals surface area contributed by atoms with Gasteiger partial charge in [-0.1, -0.05) is 6.07 Å². The van der Waals surface area contributed by atoms with Crippen LogP contribution in [0.4, 0.5) is 0 Å². The van der Waals surface area contributed by atoms with Crippen LogP contribution in [0.1, 0.15) is 24.3 Å². The summed E-state index contributed by atoms with van der Waals surface area (Å²) in [7, 11) is 0. The molecule has 2 nitrogen and oxygen atoms in total. The van der Waals surface area contributed by atoms with Gasteiger partial charge in [0.1, 0.15) is 11.9 Å². The first-order chi connectivity index (χ1) is 6.68. The molecule has 0 spiro atoms. The number of rotatable bonds is 2. The lowest BCUT2D eigenvalue weighted by atomic mass is 10.1. The molecular formula is C10H12O2S2. The number of Topliss-reactive ketones (excluding diaryl/α,β-unsaturated/α-hetero) is 1. The zero-order valence-corrected chi connectivity index (χ0v) is 9.48. The Balaban J connectivity index is 2.07. The van der Waals surface area contributed by atoms with Crippen LogP contribution in [-0.2, 0) is 4.79 Å². The van der Waals surface area contributed by atoms with Crippen molar-refractivity contribution in [3.63, 3.8) is 0 Å². The Bertz CT molecular complexity index is 321. The fraction of sp³-hybridized carbons (Fsp3) is 0.500. The van der Waals surface area contributed by atoms with Gasteiger partial charge in [0.05, 0.1) is 5.25 Å². The van der Waals surface area contributed by atoms with E-state index in [0.29, 0.717) is 6.42 Å². The van der Waals surface area contributed by atoms with Crippen LogP contribution in [-0.4, -0.2) is 21.4 Å². The Morgan fingerprint density at radius 2 is 2.43 bits per heavy atom. The van der Waals surface area contributed by atoms with Crippen LogP contribution in [0.3, 0.4) is 0 Å². The standard InChI is InChI=1S/C10H12O2S2/c1-6-7(11)5-9(14-6)10(12)8-3-2-4-13-8/h2-4,6,9-10,12H,5H2,1H3. The number of carbonyl (C=O) groups is 1. The van der Waals surface area contributed by atoms with Crippen molar-refractivity contribution in [3.05, 3.63) is 22.4 Å². The maximum Gasteiger partial charge on any atom is 0.146 e. The molecule has 14 heavy (non-hydrogen) atoms. The van der Waals surface area contributed by atoms with Crippen molar-refractivity contribution in [1.29, 1.82) is 0 Å². The fourth-order valence-corrected chi connectivity index (χ4v) is 3.77. The minimum absolute atomic E-state index is 0.0506. The molecular weight excluding hydrogens is 216 g/mol. The second-order valence-electron chi connectivity index (χ2n) is 3.45.